The van der Waals surface area contributed by atoms with Crippen molar-refractivity contribution in [3.8, 4) is 0 Å². The number of nitrogens with one attached hydrogen (secondary N) is 1. The first-order chi connectivity index (χ1) is 5.33. The Bertz CT molecular complexity index is 182. The van der Waals surface area contributed by atoms with Crippen LogP contribution in [0.25, 0.3) is 0 Å². The summed E-state index contributed by atoms with van der Waals surface area (Å²) in [5.41, 5.74) is 2.47. The Morgan fingerprint density at radius 2 is 1.55 bits per heavy atom. The molecule has 11 heavy (non-hydrogen) atoms. The van der Waals surface area contributed by atoms with E-state index in [1.165, 1.54) is 11.3 Å². The number of hydrogen-bond donors (Lipinski definition) is 1. The van der Waals surface area contributed by atoms with Crippen molar-refractivity contribution < 1.29 is 1.43 Å². The zero-order valence-electron chi connectivity index (χ0n) is 7.81. The molecule has 1 heteroatoms. The summed E-state index contributed by atoms with van der Waals surface area (Å²) in [5.74, 6) is 0. The maximum absolute atomic E-state index is 3.05. The molecule has 0 fully saturated rings. The van der Waals surface area contributed by atoms with E-state index in [0.717, 1.165) is 0 Å². The lowest BCUT2D eigenvalue weighted by molar-refractivity contribution is 1.44. The smallest absolute Gasteiger partial charge is 0.0337 e. The van der Waals surface area contributed by atoms with Crippen molar-refractivity contribution in [1.29, 1.82) is 0 Å². The van der Waals surface area contributed by atoms with Gasteiger partial charge in [0, 0.05) is 14.2 Å². The van der Waals surface area contributed by atoms with Crippen LogP contribution in [-0.4, -0.2) is 7.05 Å². The minimum atomic E-state index is 0. The highest BCUT2D eigenvalue weighted by Gasteiger charge is 1.83. The second kappa shape index (κ2) is 5.78. The number of rotatable bonds is 1. The molecule has 1 aromatic carbocycles. The molecular formula is C10H19N. The van der Waals surface area contributed by atoms with Gasteiger partial charge in [-0.25, -0.2) is 0 Å². The first kappa shape index (κ1) is 10.0. The van der Waals surface area contributed by atoms with Crippen molar-refractivity contribution >= 4 is 5.69 Å². The van der Waals surface area contributed by atoms with Gasteiger partial charge in [0.05, 0.1) is 0 Å². The minimum Gasteiger partial charge on any atom is -0.388 e. The van der Waals surface area contributed by atoms with Gasteiger partial charge in [-0.15, -0.1) is 0 Å². The quantitative estimate of drug-likeness (QED) is 0.652. The van der Waals surface area contributed by atoms with Crippen LogP contribution in [0.2, 0.25) is 0 Å². The molecular weight excluding hydrogens is 134 g/mol. The Kier molecular flexibility index (Phi) is 5.26. The monoisotopic (exact) mass is 153 g/mol. The van der Waals surface area contributed by atoms with Gasteiger partial charge in [-0.3, -0.25) is 0 Å². The van der Waals surface area contributed by atoms with Crippen molar-refractivity contribution in [3.05, 3.63) is 29.8 Å². The van der Waals surface area contributed by atoms with Gasteiger partial charge < -0.3 is 5.32 Å². The Labute approximate surface area is 70.9 Å². The van der Waals surface area contributed by atoms with Crippen LogP contribution in [0.15, 0.2) is 24.3 Å². The topological polar surface area (TPSA) is 12.0 Å². The summed E-state index contributed by atoms with van der Waals surface area (Å²) in [7, 11) is 1.92. The summed E-state index contributed by atoms with van der Waals surface area (Å²) in [4.78, 5) is 0. The Morgan fingerprint density at radius 3 is 1.91 bits per heavy atom. The van der Waals surface area contributed by atoms with Gasteiger partial charge in [-0.05, 0) is 19.1 Å². The van der Waals surface area contributed by atoms with E-state index in [0.29, 0.717) is 0 Å². The molecule has 0 spiro atoms. The summed E-state index contributed by atoms with van der Waals surface area (Å²) >= 11 is 0. The summed E-state index contributed by atoms with van der Waals surface area (Å²) in [6, 6.07) is 8.31. The molecule has 0 saturated carbocycles. The normalized spacial score (nSPS) is 8.00. The van der Waals surface area contributed by atoms with Crippen LogP contribution in [0.4, 0.5) is 5.69 Å². The summed E-state index contributed by atoms with van der Waals surface area (Å²) in [6.45, 7) is 6.08. The molecule has 0 saturated heterocycles. The molecule has 0 radical (unpaired) electrons. The van der Waals surface area contributed by atoms with Crippen molar-refractivity contribution in [2.75, 3.05) is 12.4 Å². The fourth-order valence-electron chi connectivity index (χ4n) is 0.720. The third kappa shape index (κ3) is 3.66. The van der Waals surface area contributed by atoms with Crippen LogP contribution in [0.1, 0.15) is 20.8 Å². The van der Waals surface area contributed by atoms with E-state index in [-0.39, 0.29) is 1.43 Å². The van der Waals surface area contributed by atoms with Crippen LogP contribution in [-0.2, 0) is 0 Å². The molecule has 64 valence electrons. The zero-order valence-corrected chi connectivity index (χ0v) is 7.81. The second-order valence-corrected chi connectivity index (χ2v) is 2.12. The predicted molar refractivity (Wildman–Crippen MR) is 54.2 cm³/mol. The lowest BCUT2D eigenvalue weighted by atomic mass is 10.2. The highest BCUT2D eigenvalue weighted by atomic mass is 14.8. The van der Waals surface area contributed by atoms with Gasteiger partial charge in [-0.1, -0.05) is 31.5 Å². The highest BCUT2D eigenvalue weighted by Crippen LogP contribution is 2.06. The molecule has 0 amide bonds. The molecule has 0 aliphatic heterocycles. The number of benzene rings is 1. The minimum absolute atomic E-state index is 0. The van der Waals surface area contributed by atoms with Crippen molar-refractivity contribution in [2.45, 2.75) is 20.8 Å². The number of anilines is 1. The molecule has 0 bridgehead atoms. The molecule has 0 aliphatic rings. The van der Waals surface area contributed by atoms with Gasteiger partial charge in [0.1, 0.15) is 0 Å². The zero-order chi connectivity index (χ0) is 8.69. The summed E-state index contributed by atoms with van der Waals surface area (Å²) < 4.78 is 0. The van der Waals surface area contributed by atoms with Crippen LogP contribution in [0.3, 0.4) is 0 Å². The predicted octanol–water partition coefficient (Wildman–Crippen LogP) is 3.31. The molecule has 1 N–H and O–H groups in total. The van der Waals surface area contributed by atoms with E-state index in [9.17, 15) is 0 Å². The number of aryl methyl sites for hydroxylation is 1. The molecule has 0 atom stereocenters. The Balaban J connectivity index is 0. The summed E-state index contributed by atoms with van der Waals surface area (Å²) in [6.07, 6.45) is 0. The molecule has 0 aromatic heterocycles. The first-order valence-corrected chi connectivity index (χ1v) is 4.07. The summed E-state index contributed by atoms with van der Waals surface area (Å²) in [5, 5.41) is 3.05. The average Bonchev–Trinajstić information content (AvgIpc) is 2.10. The van der Waals surface area contributed by atoms with Gasteiger partial charge in [0.15, 0.2) is 0 Å². The third-order valence-electron chi connectivity index (χ3n) is 1.34. The van der Waals surface area contributed by atoms with E-state index in [2.05, 4.69) is 36.5 Å². The van der Waals surface area contributed by atoms with Crippen molar-refractivity contribution in [1.82, 2.24) is 0 Å². The Hall–Kier alpha value is -0.980. The van der Waals surface area contributed by atoms with Gasteiger partial charge in [-0.2, -0.15) is 0 Å². The van der Waals surface area contributed by atoms with Gasteiger partial charge in [0.2, 0.25) is 0 Å². The molecule has 1 aromatic rings. The number of hydrogen-bond acceptors (Lipinski definition) is 1. The van der Waals surface area contributed by atoms with E-state index >= 15 is 0 Å². The molecule has 1 nitrogen and oxygen atoms in total. The maximum atomic E-state index is 3.05. The lowest BCUT2D eigenvalue weighted by Gasteiger charge is -1.97. The van der Waals surface area contributed by atoms with Crippen molar-refractivity contribution in [2.24, 2.45) is 0 Å². The van der Waals surface area contributed by atoms with Crippen LogP contribution in [0.5, 0.6) is 0 Å². The van der Waals surface area contributed by atoms with E-state index in [1.807, 2.05) is 20.9 Å². The molecule has 0 unspecified atom stereocenters. The molecule has 1 rings (SSSR count). The van der Waals surface area contributed by atoms with E-state index in [4.69, 9.17) is 0 Å². The van der Waals surface area contributed by atoms with Crippen LogP contribution < -0.4 is 5.32 Å². The third-order valence-corrected chi connectivity index (χ3v) is 1.34. The van der Waals surface area contributed by atoms with Crippen LogP contribution in [0, 0.1) is 6.92 Å². The van der Waals surface area contributed by atoms with E-state index in [1.54, 1.807) is 0 Å². The maximum Gasteiger partial charge on any atom is 0.0337 e. The van der Waals surface area contributed by atoms with Gasteiger partial charge in [0.25, 0.3) is 0 Å². The van der Waals surface area contributed by atoms with Crippen molar-refractivity contribution in [3.63, 3.8) is 0 Å². The lowest BCUT2D eigenvalue weighted by Crippen LogP contribution is -1.85. The first-order valence-electron chi connectivity index (χ1n) is 4.07. The van der Waals surface area contributed by atoms with Gasteiger partial charge >= 0.3 is 0 Å². The Morgan fingerprint density at radius 1 is 1.09 bits per heavy atom. The average molecular weight is 153 g/mol. The highest BCUT2D eigenvalue weighted by molar-refractivity contribution is 5.43. The second-order valence-electron chi connectivity index (χ2n) is 2.12. The fraction of sp³-hybridized carbons (Fsp3) is 0.400. The fourth-order valence-corrected chi connectivity index (χ4v) is 0.720. The van der Waals surface area contributed by atoms with Crippen LogP contribution >= 0.6 is 0 Å². The molecule has 0 aliphatic carbocycles. The molecule has 0 heterocycles. The largest absolute Gasteiger partial charge is 0.388 e. The standard InChI is InChI=1S/C8H11N.C2H6.H2/c1-7-3-5-8(9-2)6-4-7;1-2;/h3-6,9H,1-2H3;1-2H3;1H. The van der Waals surface area contributed by atoms with E-state index < -0.39 is 0 Å². The SMILES string of the molecule is CC.CNc1ccc(C)cc1.[HH].